The maximum atomic E-state index is 10.1. The molecule has 1 rings (SSSR count). The Balaban J connectivity index is 2.50. The second kappa shape index (κ2) is 5.12. The summed E-state index contributed by atoms with van der Waals surface area (Å²) in [7, 11) is 0. The van der Waals surface area contributed by atoms with Crippen LogP contribution in [-0.4, -0.2) is 27.2 Å². The summed E-state index contributed by atoms with van der Waals surface area (Å²) in [4.78, 5) is 7.96. The van der Waals surface area contributed by atoms with Gasteiger partial charge in [-0.15, -0.1) is 0 Å². The van der Waals surface area contributed by atoms with E-state index in [1.165, 1.54) is 6.20 Å². The maximum Gasteiger partial charge on any atom is 0.147 e. The normalized spacial score (nSPS) is 14.8. The Morgan fingerprint density at radius 2 is 2.19 bits per heavy atom. The van der Waals surface area contributed by atoms with E-state index in [9.17, 15) is 5.11 Å². The van der Waals surface area contributed by atoms with Crippen molar-refractivity contribution in [2.45, 2.75) is 32.8 Å². The summed E-state index contributed by atoms with van der Waals surface area (Å²) in [6.07, 6.45) is 3.80. The van der Waals surface area contributed by atoms with Crippen molar-refractivity contribution in [2.75, 3.05) is 17.6 Å². The Morgan fingerprint density at radius 3 is 2.75 bits per heavy atom. The van der Waals surface area contributed by atoms with Crippen molar-refractivity contribution in [3.63, 3.8) is 0 Å². The van der Waals surface area contributed by atoms with E-state index >= 15 is 0 Å². The minimum atomic E-state index is -0.750. The first-order valence-corrected chi connectivity index (χ1v) is 5.43. The third-order valence-electron chi connectivity index (χ3n) is 2.15. The third-order valence-corrected chi connectivity index (χ3v) is 2.15. The lowest BCUT2D eigenvalue weighted by Crippen LogP contribution is -2.35. The number of hydrogen-bond donors (Lipinski definition) is 3. The van der Waals surface area contributed by atoms with Crippen LogP contribution in [0.1, 0.15) is 27.2 Å². The Bertz CT molecular complexity index is 339. The smallest absolute Gasteiger partial charge is 0.147 e. The molecule has 1 atom stereocenters. The van der Waals surface area contributed by atoms with Crippen molar-refractivity contribution in [1.29, 1.82) is 0 Å². The minimum Gasteiger partial charge on any atom is -0.388 e. The molecule has 0 radical (unpaired) electrons. The summed E-state index contributed by atoms with van der Waals surface area (Å²) in [6.45, 7) is 6.40. The van der Waals surface area contributed by atoms with E-state index in [1.54, 1.807) is 13.1 Å². The monoisotopic (exact) mass is 224 g/mol. The summed E-state index contributed by atoms with van der Waals surface area (Å²) in [5.74, 6) is 1.40. The first-order chi connectivity index (χ1) is 7.39. The molecule has 0 bridgehead atoms. The molecule has 0 saturated carbocycles. The van der Waals surface area contributed by atoms with Gasteiger partial charge in [0.2, 0.25) is 0 Å². The molecular weight excluding hydrogens is 204 g/mol. The highest BCUT2D eigenvalue weighted by Gasteiger charge is 2.21. The number of nitrogens with zero attached hydrogens (tertiary/aromatic N) is 2. The van der Waals surface area contributed by atoms with Gasteiger partial charge in [-0.3, -0.25) is 4.98 Å². The van der Waals surface area contributed by atoms with Crippen LogP contribution in [0.5, 0.6) is 0 Å². The number of aromatic nitrogens is 2. The largest absolute Gasteiger partial charge is 0.388 e. The van der Waals surface area contributed by atoms with E-state index in [4.69, 9.17) is 5.73 Å². The fraction of sp³-hybridized carbons (Fsp3) is 0.636. The highest BCUT2D eigenvalue weighted by Crippen LogP contribution is 2.16. The first kappa shape index (κ1) is 12.7. The number of nitrogen functional groups attached to an aromatic ring is 1. The number of aliphatic hydroxyl groups is 1. The molecule has 0 aromatic carbocycles. The molecule has 0 saturated heterocycles. The van der Waals surface area contributed by atoms with Gasteiger partial charge in [-0.1, -0.05) is 13.8 Å². The topological polar surface area (TPSA) is 84.1 Å². The zero-order valence-corrected chi connectivity index (χ0v) is 10.1. The minimum absolute atomic E-state index is 0.369. The predicted octanol–water partition coefficient (Wildman–Crippen LogP) is 1.27. The SMILES string of the molecule is CC(C)CC(C)(O)CNc1cncc(N)n1. The number of hydrogen-bond acceptors (Lipinski definition) is 5. The van der Waals surface area contributed by atoms with Crippen LogP contribution < -0.4 is 11.1 Å². The van der Waals surface area contributed by atoms with E-state index in [0.717, 1.165) is 6.42 Å². The van der Waals surface area contributed by atoms with Gasteiger partial charge in [0, 0.05) is 6.54 Å². The summed E-state index contributed by atoms with van der Waals surface area (Å²) in [5, 5.41) is 13.1. The van der Waals surface area contributed by atoms with Crippen LogP contribution in [0.2, 0.25) is 0 Å². The first-order valence-electron chi connectivity index (χ1n) is 5.43. The van der Waals surface area contributed by atoms with Crippen LogP contribution in [0, 0.1) is 5.92 Å². The van der Waals surface area contributed by atoms with Crippen molar-refractivity contribution in [3.05, 3.63) is 12.4 Å². The molecule has 0 aliphatic carbocycles. The highest BCUT2D eigenvalue weighted by molar-refractivity contribution is 5.38. The zero-order chi connectivity index (χ0) is 12.2. The molecule has 0 fully saturated rings. The van der Waals surface area contributed by atoms with E-state index in [-0.39, 0.29) is 0 Å². The molecule has 5 heteroatoms. The molecule has 0 aliphatic rings. The average Bonchev–Trinajstić information content (AvgIpc) is 2.13. The van der Waals surface area contributed by atoms with Crippen LogP contribution >= 0.6 is 0 Å². The van der Waals surface area contributed by atoms with Crippen LogP contribution in [0.15, 0.2) is 12.4 Å². The molecule has 0 amide bonds. The van der Waals surface area contributed by atoms with E-state index < -0.39 is 5.60 Å². The predicted molar refractivity (Wildman–Crippen MR) is 65.0 cm³/mol. The number of nitrogens with two attached hydrogens (primary N) is 1. The second-order valence-electron chi connectivity index (χ2n) is 4.78. The number of rotatable bonds is 5. The fourth-order valence-corrected chi connectivity index (χ4v) is 1.70. The molecule has 1 unspecified atom stereocenters. The molecule has 90 valence electrons. The van der Waals surface area contributed by atoms with Crippen LogP contribution in [0.4, 0.5) is 11.6 Å². The van der Waals surface area contributed by atoms with Gasteiger partial charge in [-0.05, 0) is 19.3 Å². The van der Waals surface area contributed by atoms with Crippen molar-refractivity contribution in [3.8, 4) is 0 Å². The number of anilines is 2. The van der Waals surface area contributed by atoms with Crippen LogP contribution in [0.25, 0.3) is 0 Å². The summed E-state index contributed by atoms with van der Waals surface area (Å²) < 4.78 is 0. The van der Waals surface area contributed by atoms with Crippen LogP contribution in [0.3, 0.4) is 0 Å². The zero-order valence-electron chi connectivity index (χ0n) is 10.1. The van der Waals surface area contributed by atoms with Gasteiger partial charge in [0.25, 0.3) is 0 Å². The summed E-state index contributed by atoms with van der Waals surface area (Å²) in [6, 6.07) is 0. The van der Waals surface area contributed by atoms with Crippen molar-refractivity contribution >= 4 is 11.6 Å². The van der Waals surface area contributed by atoms with Gasteiger partial charge < -0.3 is 16.2 Å². The summed E-state index contributed by atoms with van der Waals surface area (Å²) in [5.41, 5.74) is 4.75. The van der Waals surface area contributed by atoms with Gasteiger partial charge >= 0.3 is 0 Å². The molecule has 5 nitrogen and oxygen atoms in total. The van der Waals surface area contributed by atoms with E-state index in [1.807, 2.05) is 0 Å². The quantitative estimate of drug-likeness (QED) is 0.701. The van der Waals surface area contributed by atoms with Gasteiger partial charge in [0.05, 0.1) is 18.0 Å². The maximum absolute atomic E-state index is 10.1. The average molecular weight is 224 g/mol. The molecule has 1 aromatic rings. The van der Waals surface area contributed by atoms with Gasteiger partial charge in [-0.2, -0.15) is 0 Å². The van der Waals surface area contributed by atoms with Gasteiger partial charge in [0.15, 0.2) is 0 Å². The third kappa shape index (κ3) is 4.44. The van der Waals surface area contributed by atoms with Crippen molar-refractivity contribution in [2.24, 2.45) is 5.92 Å². The molecular formula is C11H20N4O. The van der Waals surface area contributed by atoms with Crippen molar-refractivity contribution in [1.82, 2.24) is 9.97 Å². The number of nitrogens with one attached hydrogen (secondary N) is 1. The van der Waals surface area contributed by atoms with E-state index in [0.29, 0.717) is 24.1 Å². The Kier molecular flexibility index (Phi) is 4.06. The Hall–Kier alpha value is -1.36. The lowest BCUT2D eigenvalue weighted by molar-refractivity contribution is 0.0515. The fourth-order valence-electron chi connectivity index (χ4n) is 1.70. The highest BCUT2D eigenvalue weighted by atomic mass is 16.3. The summed E-state index contributed by atoms with van der Waals surface area (Å²) >= 11 is 0. The van der Waals surface area contributed by atoms with Crippen molar-refractivity contribution < 1.29 is 5.11 Å². The van der Waals surface area contributed by atoms with Crippen LogP contribution in [-0.2, 0) is 0 Å². The van der Waals surface area contributed by atoms with Gasteiger partial charge in [-0.25, -0.2) is 4.98 Å². The van der Waals surface area contributed by atoms with E-state index in [2.05, 4.69) is 29.1 Å². The lowest BCUT2D eigenvalue weighted by atomic mass is 9.94. The Labute approximate surface area is 96.1 Å². The molecule has 0 spiro atoms. The molecule has 1 aromatic heterocycles. The Morgan fingerprint density at radius 1 is 1.50 bits per heavy atom. The second-order valence-corrected chi connectivity index (χ2v) is 4.78. The van der Waals surface area contributed by atoms with Gasteiger partial charge in [0.1, 0.15) is 11.6 Å². The molecule has 4 N–H and O–H groups in total. The lowest BCUT2D eigenvalue weighted by Gasteiger charge is -2.25. The molecule has 1 heterocycles. The molecule has 0 aliphatic heterocycles. The molecule has 16 heavy (non-hydrogen) atoms. The standard InChI is InChI=1S/C11H20N4O/c1-8(2)4-11(3,16)7-14-10-6-13-5-9(12)15-10/h5-6,8,16H,4,7H2,1-3H3,(H3,12,14,15).